The normalized spacial score (nSPS) is 15.6. The lowest BCUT2D eigenvalue weighted by atomic mass is 10.1. The summed E-state index contributed by atoms with van der Waals surface area (Å²) in [6, 6.07) is 1.23. The summed E-state index contributed by atoms with van der Waals surface area (Å²) in [5, 5.41) is 15.2. The van der Waals surface area contributed by atoms with Crippen LogP contribution in [-0.4, -0.2) is 35.4 Å². The Labute approximate surface area is 123 Å². The molecular formula is C15H20N2O4. The predicted molar refractivity (Wildman–Crippen MR) is 76.6 cm³/mol. The van der Waals surface area contributed by atoms with Crippen LogP contribution in [0.15, 0.2) is 34.4 Å². The van der Waals surface area contributed by atoms with E-state index in [9.17, 15) is 4.79 Å². The Kier molecular flexibility index (Phi) is 5.71. The Bertz CT molecular complexity index is 534. The lowest BCUT2D eigenvalue weighted by Gasteiger charge is -2.08. The molecule has 0 aliphatic heterocycles. The average Bonchev–Trinajstić information content (AvgIpc) is 2.97. The van der Waals surface area contributed by atoms with Crippen LogP contribution in [0.1, 0.15) is 36.0 Å². The number of amides is 1. The standard InChI is InChI=1S/C15H20N2O4/c1-11(8-18)16-15(19)14-7-13(21-17-14)10-20-9-12-5-3-2-4-6-12/h3,5-7,11,18H,2,4,8-10H2,1H3,(H,16,19). The van der Waals surface area contributed by atoms with Crippen LogP contribution < -0.4 is 5.32 Å². The molecule has 1 heterocycles. The molecule has 6 nitrogen and oxygen atoms in total. The van der Waals surface area contributed by atoms with Gasteiger partial charge in [-0.1, -0.05) is 23.4 Å². The van der Waals surface area contributed by atoms with Crippen molar-refractivity contribution in [1.82, 2.24) is 10.5 Å². The van der Waals surface area contributed by atoms with E-state index in [4.69, 9.17) is 14.4 Å². The molecule has 114 valence electrons. The van der Waals surface area contributed by atoms with Gasteiger partial charge in [0, 0.05) is 12.1 Å². The van der Waals surface area contributed by atoms with Crippen LogP contribution in [0.5, 0.6) is 0 Å². The summed E-state index contributed by atoms with van der Waals surface area (Å²) in [5.41, 5.74) is 1.33. The zero-order valence-electron chi connectivity index (χ0n) is 12.0. The van der Waals surface area contributed by atoms with Gasteiger partial charge in [-0.2, -0.15) is 0 Å². The molecule has 0 saturated carbocycles. The summed E-state index contributed by atoms with van der Waals surface area (Å²) in [6.07, 6.45) is 8.45. The third-order valence-corrected chi connectivity index (χ3v) is 3.03. The molecule has 1 atom stereocenters. The second-order valence-electron chi connectivity index (χ2n) is 4.99. The summed E-state index contributed by atoms with van der Waals surface area (Å²) in [6.45, 7) is 2.36. The van der Waals surface area contributed by atoms with Crippen molar-refractivity contribution >= 4 is 5.91 Å². The Morgan fingerprint density at radius 1 is 1.52 bits per heavy atom. The average molecular weight is 292 g/mol. The first kappa shape index (κ1) is 15.5. The number of hydrogen-bond acceptors (Lipinski definition) is 5. The third-order valence-electron chi connectivity index (χ3n) is 3.03. The maximum absolute atomic E-state index is 11.7. The molecular weight excluding hydrogens is 272 g/mol. The Hall–Kier alpha value is -1.92. The van der Waals surface area contributed by atoms with Crippen molar-refractivity contribution in [1.29, 1.82) is 0 Å². The van der Waals surface area contributed by atoms with E-state index >= 15 is 0 Å². The summed E-state index contributed by atoms with van der Waals surface area (Å²) in [7, 11) is 0. The van der Waals surface area contributed by atoms with Crippen molar-refractivity contribution in [3.63, 3.8) is 0 Å². The third kappa shape index (κ3) is 4.84. The van der Waals surface area contributed by atoms with Crippen molar-refractivity contribution in [2.24, 2.45) is 0 Å². The summed E-state index contributed by atoms with van der Waals surface area (Å²) >= 11 is 0. The number of aliphatic hydroxyl groups excluding tert-OH is 1. The van der Waals surface area contributed by atoms with Crippen LogP contribution in [0.2, 0.25) is 0 Å². The molecule has 0 spiro atoms. The number of nitrogens with zero attached hydrogens (tertiary/aromatic N) is 1. The van der Waals surface area contributed by atoms with Gasteiger partial charge in [0.2, 0.25) is 0 Å². The summed E-state index contributed by atoms with van der Waals surface area (Å²) in [4.78, 5) is 11.7. The number of carbonyl (C=O) groups excluding carboxylic acids is 1. The van der Waals surface area contributed by atoms with Gasteiger partial charge in [-0.05, 0) is 25.3 Å². The van der Waals surface area contributed by atoms with Crippen LogP contribution in [0.4, 0.5) is 0 Å². The molecule has 1 amide bonds. The van der Waals surface area contributed by atoms with Crippen LogP contribution in [0.3, 0.4) is 0 Å². The molecule has 1 aromatic heterocycles. The van der Waals surface area contributed by atoms with E-state index in [-0.39, 0.29) is 30.9 Å². The molecule has 1 aliphatic rings. The molecule has 0 fully saturated rings. The first-order valence-electron chi connectivity index (χ1n) is 6.99. The van der Waals surface area contributed by atoms with E-state index < -0.39 is 0 Å². The molecule has 6 heteroatoms. The predicted octanol–water partition coefficient (Wildman–Crippen LogP) is 1.58. The van der Waals surface area contributed by atoms with E-state index in [1.54, 1.807) is 13.0 Å². The second kappa shape index (κ2) is 7.75. The maximum Gasteiger partial charge on any atom is 0.273 e. The van der Waals surface area contributed by atoms with Crippen molar-refractivity contribution in [2.45, 2.75) is 32.4 Å². The molecule has 0 bridgehead atoms. The number of hydrogen-bond donors (Lipinski definition) is 2. The zero-order valence-corrected chi connectivity index (χ0v) is 12.0. The fourth-order valence-corrected chi connectivity index (χ4v) is 1.88. The molecule has 0 saturated heterocycles. The van der Waals surface area contributed by atoms with Gasteiger partial charge in [0.15, 0.2) is 11.5 Å². The molecule has 0 radical (unpaired) electrons. The molecule has 0 aromatic carbocycles. The number of aliphatic hydroxyl groups is 1. The van der Waals surface area contributed by atoms with Crippen molar-refractivity contribution in [2.75, 3.05) is 13.2 Å². The number of rotatable bonds is 7. The van der Waals surface area contributed by atoms with E-state index in [2.05, 4.69) is 28.7 Å². The minimum absolute atomic E-state index is 0.123. The molecule has 21 heavy (non-hydrogen) atoms. The van der Waals surface area contributed by atoms with E-state index in [0.717, 1.165) is 18.4 Å². The number of aromatic nitrogens is 1. The molecule has 1 aliphatic carbocycles. The highest BCUT2D eigenvalue weighted by atomic mass is 16.5. The van der Waals surface area contributed by atoms with Gasteiger partial charge in [0.05, 0.1) is 13.2 Å². The van der Waals surface area contributed by atoms with Gasteiger partial charge in [-0.25, -0.2) is 0 Å². The quantitative estimate of drug-likeness (QED) is 0.797. The number of nitrogens with one attached hydrogen (secondary N) is 1. The Morgan fingerprint density at radius 3 is 3.10 bits per heavy atom. The largest absolute Gasteiger partial charge is 0.394 e. The van der Waals surface area contributed by atoms with Gasteiger partial charge >= 0.3 is 0 Å². The number of allylic oxidation sites excluding steroid dienone is 2. The fraction of sp³-hybridized carbons (Fsp3) is 0.467. The summed E-state index contributed by atoms with van der Waals surface area (Å²) in [5.74, 6) is 0.127. The van der Waals surface area contributed by atoms with Crippen LogP contribution in [-0.2, 0) is 11.3 Å². The minimum atomic E-state index is -0.371. The Balaban J connectivity index is 1.78. The fourth-order valence-electron chi connectivity index (χ4n) is 1.88. The monoisotopic (exact) mass is 292 g/mol. The minimum Gasteiger partial charge on any atom is -0.394 e. The van der Waals surface area contributed by atoms with E-state index in [0.29, 0.717) is 12.4 Å². The molecule has 1 unspecified atom stereocenters. The maximum atomic E-state index is 11.7. The van der Waals surface area contributed by atoms with Crippen molar-refractivity contribution < 1.29 is 19.2 Å². The molecule has 1 aromatic rings. The van der Waals surface area contributed by atoms with Crippen molar-refractivity contribution in [3.05, 3.63) is 41.3 Å². The topological polar surface area (TPSA) is 84.6 Å². The molecule has 2 rings (SSSR count). The first-order chi connectivity index (χ1) is 10.2. The van der Waals surface area contributed by atoms with Gasteiger partial charge < -0.3 is 19.7 Å². The van der Waals surface area contributed by atoms with Gasteiger partial charge in [-0.3, -0.25) is 4.79 Å². The second-order valence-corrected chi connectivity index (χ2v) is 4.99. The summed E-state index contributed by atoms with van der Waals surface area (Å²) < 4.78 is 10.6. The van der Waals surface area contributed by atoms with Crippen LogP contribution in [0.25, 0.3) is 0 Å². The number of ether oxygens (including phenoxy) is 1. The van der Waals surface area contributed by atoms with Crippen LogP contribution in [0, 0.1) is 0 Å². The van der Waals surface area contributed by atoms with Crippen LogP contribution >= 0.6 is 0 Å². The molecule has 2 N–H and O–H groups in total. The van der Waals surface area contributed by atoms with E-state index in [1.807, 2.05) is 0 Å². The highest BCUT2D eigenvalue weighted by Crippen LogP contribution is 2.11. The lowest BCUT2D eigenvalue weighted by Crippen LogP contribution is -2.35. The highest BCUT2D eigenvalue weighted by Gasteiger charge is 2.14. The van der Waals surface area contributed by atoms with Gasteiger partial charge in [-0.15, -0.1) is 0 Å². The zero-order chi connectivity index (χ0) is 15.1. The smallest absolute Gasteiger partial charge is 0.273 e. The van der Waals surface area contributed by atoms with Crippen molar-refractivity contribution in [3.8, 4) is 0 Å². The van der Waals surface area contributed by atoms with Gasteiger partial charge in [0.25, 0.3) is 5.91 Å². The SMILES string of the molecule is CC(CO)NC(=O)c1cc(COCC2=CCCC=C2)on1. The first-order valence-corrected chi connectivity index (χ1v) is 6.99. The van der Waals surface area contributed by atoms with E-state index in [1.165, 1.54) is 0 Å². The Morgan fingerprint density at radius 2 is 2.38 bits per heavy atom. The van der Waals surface area contributed by atoms with Gasteiger partial charge in [0.1, 0.15) is 6.61 Å². The number of carbonyl (C=O) groups is 1. The highest BCUT2D eigenvalue weighted by molar-refractivity contribution is 5.92. The lowest BCUT2D eigenvalue weighted by molar-refractivity contribution is 0.0911.